The molecule has 0 saturated carbocycles. The average Bonchev–Trinajstić information content (AvgIpc) is 3.13. The summed E-state index contributed by atoms with van der Waals surface area (Å²) in [5.41, 5.74) is 0.787. The Labute approximate surface area is 157 Å². The van der Waals surface area contributed by atoms with Gasteiger partial charge in [0.15, 0.2) is 0 Å². The summed E-state index contributed by atoms with van der Waals surface area (Å²) in [6.45, 7) is 1.98. The maximum atomic E-state index is 12.9. The quantitative estimate of drug-likeness (QED) is 0.419. The summed E-state index contributed by atoms with van der Waals surface area (Å²) >= 11 is 0. The number of esters is 1. The van der Waals surface area contributed by atoms with Crippen LogP contribution in [0.1, 0.15) is 37.3 Å². The zero-order valence-corrected chi connectivity index (χ0v) is 15.2. The van der Waals surface area contributed by atoms with Crippen molar-refractivity contribution in [2.75, 3.05) is 19.7 Å². The van der Waals surface area contributed by atoms with E-state index >= 15 is 0 Å². The van der Waals surface area contributed by atoms with Crippen molar-refractivity contribution in [2.24, 2.45) is 0 Å². The van der Waals surface area contributed by atoms with Gasteiger partial charge in [0.2, 0.25) is 5.91 Å². The van der Waals surface area contributed by atoms with Crippen molar-refractivity contribution >= 4 is 23.8 Å². The number of urea groups is 1. The molecule has 8 nitrogen and oxygen atoms in total. The number of hydrogen-bond donors (Lipinski definition) is 2. The van der Waals surface area contributed by atoms with Crippen molar-refractivity contribution in [3.63, 3.8) is 0 Å². The van der Waals surface area contributed by atoms with Crippen LogP contribution >= 0.6 is 0 Å². The Morgan fingerprint density at radius 2 is 2.07 bits per heavy atom. The summed E-state index contributed by atoms with van der Waals surface area (Å²) in [5.74, 6) is -1.15. The minimum atomic E-state index is -1.06. The summed E-state index contributed by atoms with van der Waals surface area (Å²) in [6, 6.07) is 6.98. The number of rotatable bonds is 7. The van der Waals surface area contributed by atoms with Gasteiger partial charge < -0.3 is 15.4 Å². The van der Waals surface area contributed by atoms with Gasteiger partial charge in [0.1, 0.15) is 12.1 Å². The highest BCUT2D eigenvalue weighted by molar-refractivity contribution is 6.09. The molecular weight excluding hydrogens is 350 g/mol. The van der Waals surface area contributed by atoms with Gasteiger partial charge in [-0.25, -0.2) is 4.79 Å². The molecule has 1 saturated heterocycles. The van der Waals surface area contributed by atoms with Gasteiger partial charge in [-0.05, 0) is 37.3 Å². The highest BCUT2D eigenvalue weighted by atomic mass is 16.5. The molecule has 1 aliphatic carbocycles. The smallest absolute Gasteiger partial charge is 0.325 e. The second-order valence-corrected chi connectivity index (χ2v) is 6.64. The third-order valence-electron chi connectivity index (χ3n) is 4.91. The Morgan fingerprint density at radius 1 is 1.30 bits per heavy atom. The fourth-order valence-corrected chi connectivity index (χ4v) is 3.63. The van der Waals surface area contributed by atoms with E-state index in [1.165, 1.54) is 0 Å². The van der Waals surface area contributed by atoms with Gasteiger partial charge in [-0.2, -0.15) is 0 Å². The number of aryl methyl sites for hydroxylation is 1. The molecule has 0 aromatic heterocycles. The van der Waals surface area contributed by atoms with E-state index in [4.69, 9.17) is 4.74 Å². The van der Waals surface area contributed by atoms with Crippen LogP contribution in [0.15, 0.2) is 24.3 Å². The van der Waals surface area contributed by atoms with Crippen molar-refractivity contribution in [3.05, 3.63) is 35.4 Å². The van der Waals surface area contributed by atoms with Crippen LogP contribution in [0.25, 0.3) is 0 Å². The maximum Gasteiger partial charge on any atom is 0.325 e. The van der Waals surface area contributed by atoms with Gasteiger partial charge in [-0.3, -0.25) is 19.3 Å². The molecular formula is C19H23N3O5. The first kappa shape index (κ1) is 18.9. The molecule has 0 bridgehead atoms. The summed E-state index contributed by atoms with van der Waals surface area (Å²) in [6.07, 6.45) is 1.84. The van der Waals surface area contributed by atoms with Gasteiger partial charge >= 0.3 is 12.0 Å². The van der Waals surface area contributed by atoms with Gasteiger partial charge in [0, 0.05) is 13.0 Å². The third kappa shape index (κ3) is 3.65. The summed E-state index contributed by atoms with van der Waals surface area (Å²) < 4.78 is 4.81. The third-order valence-corrected chi connectivity index (χ3v) is 4.91. The van der Waals surface area contributed by atoms with E-state index in [0.717, 1.165) is 16.0 Å². The highest BCUT2D eigenvalue weighted by Crippen LogP contribution is 2.41. The molecule has 1 aromatic carbocycles. The van der Waals surface area contributed by atoms with Gasteiger partial charge in [0.05, 0.1) is 6.61 Å². The molecule has 1 atom stereocenters. The van der Waals surface area contributed by atoms with E-state index < -0.39 is 17.5 Å². The van der Waals surface area contributed by atoms with Crippen molar-refractivity contribution < 1.29 is 23.9 Å². The minimum absolute atomic E-state index is 0.206. The first-order chi connectivity index (χ1) is 13.0. The number of hydrogen-bond acceptors (Lipinski definition) is 5. The Hall–Kier alpha value is -2.90. The van der Waals surface area contributed by atoms with E-state index in [1.54, 1.807) is 6.92 Å². The van der Waals surface area contributed by atoms with E-state index in [2.05, 4.69) is 10.6 Å². The second kappa shape index (κ2) is 7.77. The Balaban J connectivity index is 1.56. The summed E-state index contributed by atoms with van der Waals surface area (Å²) in [4.78, 5) is 49.6. The fraction of sp³-hybridized carbons (Fsp3) is 0.474. The number of ether oxygens (including phenoxy) is 1. The van der Waals surface area contributed by atoms with Crippen molar-refractivity contribution in [3.8, 4) is 0 Å². The Bertz CT molecular complexity index is 778. The number of fused-ring (bicyclic) bond motifs is 2. The molecule has 2 aliphatic rings. The maximum absolute atomic E-state index is 12.9. The van der Waals surface area contributed by atoms with Gasteiger partial charge in [-0.15, -0.1) is 0 Å². The highest BCUT2D eigenvalue weighted by Gasteiger charge is 2.55. The predicted molar refractivity (Wildman–Crippen MR) is 95.6 cm³/mol. The predicted octanol–water partition coefficient (Wildman–Crippen LogP) is 0.839. The molecule has 1 aliphatic heterocycles. The number of imide groups is 1. The summed E-state index contributed by atoms with van der Waals surface area (Å²) in [5, 5.41) is 5.41. The average molecular weight is 373 g/mol. The number of benzene rings is 1. The standard InChI is InChI=1S/C19H23N3O5/c1-2-27-16(24)8-5-11-20-15(23)12-22-17(25)19(21-18(22)26)10-9-13-6-3-4-7-14(13)19/h3-4,6-7H,2,5,8-12H2,1H3,(H,20,23)(H,21,26). The molecule has 1 spiro atoms. The van der Waals surface area contributed by atoms with Crippen molar-refractivity contribution in [2.45, 2.75) is 38.1 Å². The monoisotopic (exact) mass is 373 g/mol. The van der Waals surface area contributed by atoms with Crippen LogP contribution in [-0.4, -0.2) is 48.4 Å². The Morgan fingerprint density at radius 3 is 2.85 bits per heavy atom. The van der Waals surface area contributed by atoms with Crippen LogP contribution < -0.4 is 10.6 Å². The molecule has 4 amide bonds. The molecule has 8 heteroatoms. The van der Waals surface area contributed by atoms with Crippen LogP contribution in [0.2, 0.25) is 0 Å². The van der Waals surface area contributed by atoms with Gasteiger partial charge in [-0.1, -0.05) is 24.3 Å². The van der Waals surface area contributed by atoms with Crippen LogP contribution in [0.5, 0.6) is 0 Å². The minimum Gasteiger partial charge on any atom is -0.466 e. The SMILES string of the molecule is CCOC(=O)CCCNC(=O)CN1C(=O)NC2(CCc3ccccc32)C1=O. The van der Waals surface area contributed by atoms with Crippen molar-refractivity contribution in [1.29, 1.82) is 0 Å². The topological polar surface area (TPSA) is 105 Å². The molecule has 3 rings (SSSR count). The number of carbonyl (C=O) groups is 4. The number of amides is 4. The molecule has 144 valence electrons. The molecule has 1 fully saturated rings. The van der Waals surface area contributed by atoms with Gasteiger partial charge in [0.25, 0.3) is 5.91 Å². The number of nitrogens with one attached hydrogen (secondary N) is 2. The largest absolute Gasteiger partial charge is 0.466 e. The van der Waals surface area contributed by atoms with E-state index in [0.29, 0.717) is 25.9 Å². The molecule has 27 heavy (non-hydrogen) atoms. The Kier molecular flexibility index (Phi) is 5.43. The lowest BCUT2D eigenvalue weighted by atomic mass is 9.92. The lowest BCUT2D eigenvalue weighted by Crippen LogP contribution is -2.44. The zero-order chi connectivity index (χ0) is 19.4. The van der Waals surface area contributed by atoms with Crippen LogP contribution in [0.3, 0.4) is 0 Å². The first-order valence-corrected chi connectivity index (χ1v) is 9.12. The van der Waals surface area contributed by atoms with E-state index in [9.17, 15) is 19.2 Å². The van der Waals surface area contributed by atoms with Crippen LogP contribution in [0, 0.1) is 0 Å². The fourth-order valence-electron chi connectivity index (χ4n) is 3.63. The molecule has 2 N–H and O–H groups in total. The lowest BCUT2D eigenvalue weighted by Gasteiger charge is -2.22. The number of nitrogens with zero attached hydrogens (tertiary/aromatic N) is 1. The van der Waals surface area contributed by atoms with Crippen LogP contribution in [-0.2, 0) is 31.1 Å². The molecule has 0 radical (unpaired) electrons. The normalized spacial score (nSPS) is 20.6. The van der Waals surface area contributed by atoms with Crippen molar-refractivity contribution in [1.82, 2.24) is 15.5 Å². The molecule has 1 heterocycles. The van der Waals surface area contributed by atoms with E-state index in [1.807, 2.05) is 24.3 Å². The van der Waals surface area contributed by atoms with E-state index in [-0.39, 0.29) is 31.4 Å². The molecule has 1 aromatic rings. The number of carbonyl (C=O) groups excluding carboxylic acids is 4. The second-order valence-electron chi connectivity index (χ2n) is 6.64. The summed E-state index contributed by atoms with van der Waals surface area (Å²) in [7, 11) is 0. The molecule has 1 unspecified atom stereocenters. The van der Waals surface area contributed by atoms with Crippen LogP contribution in [0.4, 0.5) is 4.79 Å². The first-order valence-electron chi connectivity index (χ1n) is 9.12. The lowest BCUT2D eigenvalue weighted by molar-refractivity contribution is -0.143. The zero-order valence-electron chi connectivity index (χ0n) is 15.2.